The predicted molar refractivity (Wildman–Crippen MR) is 116 cm³/mol. The summed E-state index contributed by atoms with van der Waals surface area (Å²) in [7, 11) is 0. The van der Waals surface area contributed by atoms with E-state index in [2.05, 4.69) is 10.4 Å². The van der Waals surface area contributed by atoms with Crippen molar-refractivity contribution in [2.45, 2.75) is 20.0 Å². The lowest BCUT2D eigenvalue weighted by atomic mass is 10.1. The number of fused-ring (bicyclic) bond motifs is 2. The molecule has 0 spiro atoms. The van der Waals surface area contributed by atoms with Gasteiger partial charge in [0.25, 0.3) is 5.91 Å². The van der Waals surface area contributed by atoms with Gasteiger partial charge in [-0.2, -0.15) is 5.10 Å². The topological polar surface area (TPSA) is 65.4 Å². The minimum absolute atomic E-state index is 0.150. The van der Waals surface area contributed by atoms with Gasteiger partial charge in [-0.25, -0.2) is 9.07 Å². The van der Waals surface area contributed by atoms with Gasteiger partial charge < -0.3 is 14.8 Å². The molecular formula is C23H20FN3O3S. The summed E-state index contributed by atoms with van der Waals surface area (Å²) < 4.78 is 26.5. The third kappa shape index (κ3) is 3.80. The molecule has 0 atom stereocenters. The summed E-state index contributed by atoms with van der Waals surface area (Å²) in [4.78, 5) is 14.3. The van der Waals surface area contributed by atoms with Crippen LogP contribution >= 0.6 is 11.3 Å². The molecule has 0 radical (unpaired) electrons. The monoisotopic (exact) mass is 437 g/mol. The molecule has 8 heteroatoms. The number of hydrogen-bond acceptors (Lipinski definition) is 5. The van der Waals surface area contributed by atoms with Crippen LogP contribution < -0.4 is 10.1 Å². The number of ether oxygens (including phenoxy) is 2. The van der Waals surface area contributed by atoms with E-state index in [1.807, 2.05) is 48.0 Å². The van der Waals surface area contributed by atoms with Gasteiger partial charge in [0, 0.05) is 17.5 Å². The molecule has 158 valence electrons. The first-order valence-electron chi connectivity index (χ1n) is 9.95. The summed E-state index contributed by atoms with van der Waals surface area (Å²) in [5.74, 6) is 0.164. The van der Waals surface area contributed by atoms with Crippen LogP contribution in [0.4, 0.5) is 4.39 Å². The van der Waals surface area contributed by atoms with Crippen LogP contribution in [-0.2, 0) is 17.8 Å². The van der Waals surface area contributed by atoms with Gasteiger partial charge in [0.1, 0.15) is 16.4 Å². The van der Waals surface area contributed by atoms with Gasteiger partial charge in [-0.1, -0.05) is 18.2 Å². The van der Waals surface area contributed by atoms with Crippen LogP contribution in [0.5, 0.6) is 5.75 Å². The highest BCUT2D eigenvalue weighted by atomic mass is 32.1. The fourth-order valence-corrected chi connectivity index (χ4v) is 4.84. The van der Waals surface area contributed by atoms with Crippen LogP contribution in [0.1, 0.15) is 26.5 Å². The molecule has 3 heterocycles. The van der Waals surface area contributed by atoms with E-state index in [9.17, 15) is 9.18 Å². The molecule has 0 bridgehead atoms. The summed E-state index contributed by atoms with van der Waals surface area (Å²) in [6.45, 7) is 2.79. The Morgan fingerprint density at radius 1 is 1.26 bits per heavy atom. The van der Waals surface area contributed by atoms with Crippen molar-refractivity contribution in [2.75, 3.05) is 13.3 Å². The molecule has 0 aliphatic carbocycles. The SMILES string of the molecule is Cc1nn(-c2ccccc2)c2sc(C(=O)NCCc3cc(F)cc4c3OCOC4)cc12. The molecule has 0 fully saturated rings. The van der Waals surface area contributed by atoms with Crippen LogP contribution in [0.3, 0.4) is 0 Å². The number of carbonyl (C=O) groups is 1. The number of nitrogens with one attached hydrogen (secondary N) is 1. The predicted octanol–water partition coefficient (Wildman–Crippen LogP) is 4.37. The van der Waals surface area contributed by atoms with Gasteiger partial charge in [0.05, 0.1) is 22.9 Å². The fourth-order valence-electron chi connectivity index (χ4n) is 3.74. The number of benzene rings is 2. The minimum atomic E-state index is -0.334. The Balaban J connectivity index is 1.32. The number of aryl methyl sites for hydroxylation is 1. The standard InChI is InChI=1S/C23H20FN3O3S/c1-14-19-11-20(31-23(19)27(26-14)18-5-3-2-4-6-18)22(28)25-8-7-15-9-17(24)10-16-12-29-13-30-21(15)16/h2-6,9-11H,7-8,12-13H2,1H3,(H,25,28). The first-order chi connectivity index (χ1) is 15.1. The average molecular weight is 437 g/mol. The number of hydrogen-bond donors (Lipinski definition) is 1. The minimum Gasteiger partial charge on any atom is -0.467 e. The van der Waals surface area contributed by atoms with E-state index in [-0.39, 0.29) is 18.5 Å². The molecule has 1 aliphatic heterocycles. The summed E-state index contributed by atoms with van der Waals surface area (Å²) in [6.07, 6.45) is 0.466. The average Bonchev–Trinajstić information content (AvgIpc) is 3.35. The maximum Gasteiger partial charge on any atom is 0.261 e. The van der Waals surface area contributed by atoms with Crippen molar-refractivity contribution in [2.24, 2.45) is 0 Å². The van der Waals surface area contributed by atoms with Crippen LogP contribution in [0.15, 0.2) is 48.5 Å². The second-order valence-electron chi connectivity index (χ2n) is 7.33. The number of para-hydroxylation sites is 1. The van der Waals surface area contributed by atoms with E-state index >= 15 is 0 Å². The zero-order valence-electron chi connectivity index (χ0n) is 16.9. The molecule has 6 nitrogen and oxygen atoms in total. The Hall–Kier alpha value is -3.23. The molecule has 5 rings (SSSR count). The van der Waals surface area contributed by atoms with Gasteiger partial charge >= 0.3 is 0 Å². The molecule has 0 unspecified atom stereocenters. The maximum absolute atomic E-state index is 13.9. The van der Waals surface area contributed by atoms with Gasteiger partial charge in [-0.05, 0) is 49.2 Å². The molecular weight excluding hydrogens is 417 g/mol. The summed E-state index contributed by atoms with van der Waals surface area (Å²) in [6, 6.07) is 14.6. The van der Waals surface area contributed by atoms with Crippen molar-refractivity contribution < 1.29 is 18.7 Å². The number of halogens is 1. The zero-order chi connectivity index (χ0) is 21.4. The number of carbonyl (C=O) groups excluding carboxylic acids is 1. The highest BCUT2D eigenvalue weighted by Gasteiger charge is 2.19. The van der Waals surface area contributed by atoms with E-state index in [1.54, 1.807) is 0 Å². The Bertz CT molecular complexity index is 1270. The molecule has 31 heavy (non-hydrogen) atoms. The van der Waals surface area contributed by atoms with Gasteiger partial charge in [-0.3, -0.25) is 4.79 Å². The van der Waals surface area contributed by atoms with Crippen LogP contribution in [-0.4, -0.2) is 29.0 Å². The first-order valence-corrected chi connectivity index (χ1v) is 10.8. The fraction of sp³-hybridized carbons (Fsp3) is 0.217. The lowest BCUT2D eigenvalue weighted by Gasteiger charge is -2.20. The van der Waals surface area contributed by atoms with Crippen molar-refractivity contribution in [3.8, 4) is 11.4 Å². The van der Waals surface area contributed by atoms with Crippen molar-refractivity contribution in [3.63, 3.8) is 0 Å². The van der Waals surface area contributed by atoms with Crippen molar-refractivity contribution in [1.29, 1.82) is 0 Å². The van der Waals surface area contributed by atoms with E-state index in [4.69, 9.17) is 9.47 Å². The smallest absolute Gasteiger partial charge is 0.261 e. The quantitative estimate of drug-likeness (QED) is 0.504. The van der Waals surface area contributed by atoms with Gasteiger partial charge in [0.2, 0.25) is 0 Å². The number of nitrogens with zero attached hydrogens (tertiary/aromatic N) is 2. The third-order valence-corrected chi connectivity index (χ3v) is 6.31. The summed E-state index contributed by atoms with van der Waals surface area (Å²) >= 11 is 1.41. The first kappa shape index (κ1) is 19.7. The van der Waals surface area contributed by atoms with Crippen molar-refractivity contribution in [1.82, 2.24) is 15.1 Å². The molecule has 2 aromatic carbocycles. The molecule has 1 amide bonds. The normalized spacial score (nSPS) is 13.1. The number of thiophene rings is 1. The highest BCUT2D eigenvalue weighted by molar-refractivity contribution is 7.20. The molecule has 1 N–H and O–H groups in total. The number of rotatable bonds is 5. The molecule has 4 aromatic rings. The molecule has 1 aliphatic rings. The Labute approximate surface area is 182 Å². The van der Waals surface area contributed by atoms with Gasteiger partial charge in [0.15, 0.2) is 6.79 Å². The Morgan fingerprint density at radius 3 is 2.94 bits per heavy atom. The highest BCUT2D eigenvalue weighted by Crippen LogP contribution is 2.31. The number of aromatic nitrogens is 2. The van der Waals surface area contributed by atoms with Gasteiger partial charge in [-0.15, -0.1) is 11.3 Å². The third-order valence-electron chi connectivity index (χ3n) is 5.20. The van der Waals surface area contributed by atoms with E-state index < -0.39 is 0 Å². The number of amides is 1. The second-order valence-corrected chi connectivity index (χ2v) is 8.36. The zero-order valence-corrected chi connectivity index (χ0v) is 17.7. The maximum atomic E-state index is 13.9. The largest absolute Gasteiger partial charge is 0.467 e. The Kier molecular flexibility index (Phi) is 5.17. The van der Waals surface area contributed by atoms with Crippen LogP contribution in [0.25, 0.3) is 15.9 Å². The molecule has 0 saturated heterocycles. The Morgan fingerprint density at radius 2 is 2.10 bits per heavy atom. The van der Waals surface area contributed by atoms with E-state index in [1.165, 1.54) is 23.5 Å². The lowest BCUT2D eigenvalue weighted by molar-refractivity contribution is -0.0172. The summed E-state index contributed by atoms with van der Waals surface area (Å²) in [5.41, 5.74) is 3.25. The lowest BCUT2D eigenvalue weighted by Crippen LogP contribution is -2.25. The van der Waals surface area contributed by atoms with E-state index in [0.717, 1.165) is 27.2 Å². The van der Waals surface area contributed by atoms with Crippen molar-refractivity contribution >= 4 is 27.5 Å². The van der Waals surface area contributed by atoms with Crippen molar-refractivity contribution in [3.05, 3.63) is 76.0 Å². The van der Waals surface area contributed by atoms with Crippen LogP contribution in [0.2, 0.25) is 0 Å². The van der Waals surface area contributed by atoms with Crippen LogP contribution in [0, 0.1) is 12.7 Å². The van der Waals surface area contributed by atoms with E-state index in [0.29, 0.717) is 35.8 Å². The molecule has 2 aromatic heterocycles. The second kappa shape index (κ2) is 8.13. The molecule has 0 saturated carbocycles. The summed E-state index contributed by atoms with van der Waals surface area (Å²) in [5, 5.41) is 8.51.